The van der Waals surface area contributed by atoms with E-state index in [1.165, 1.54) is 11.1 Å². The van der Waals surface area contributed by atoms with Gasteiger partial charge in [-0.25, -0.2) is 4.98 Å². The van der Waals surface area contributed by atoms with Gasteiger partial charge in [0.15, 0.2) is 0 Å². The van der Waals surface area contributed by atoms with Crippen molar-refractivity contribution in [2.75, 3.05) is 0 Å². The molecule has 20 heavy (non-hydrogen) atoms. The van der Waals surface area contributed by atoms with Gasteiger partial charge in [0, 0.05) is 28.7 Å². The van der Waals surface area contributed by atoms with Crippen LogP contribution in [0.15, 0.2) is 54.9 Å². The van der Waals surface area contributed by atoms with Crippen molar-refractivity contribution in [2.24, 2.45) is 0 Å². The summed E-state index contributed by atoms with van der Waals surface area (Å²) in [5.41, 5.74) is 4.69. The van der Waals surface area contributed by atoms with E-state index in [1.54, 1.807) is 0 Å². The molecule has 0 fully saturated rings. The number of rotatable bonds is 2. The van der Waals surface area contributed by atoms with Crippen LogP contribution < -0.4 is 0 Å². The first kappa shape index (κ1) is 12.9. The standard InChI is InChI=1S/C17H15ClN2/c1-12-3-8-16(13(2)11-12)17-19-9-10-20(17)15-6-4-14(18)5-7-15/h3-11H,1-2H3. The summed E-state index contributed by atoms with van der Waals surface area (Å²) >= 11 is 5.95. The molecule has 1 heterocycles. The van der Waals surface area contributed by atoms with Gasteiger partial charge >= 0.3 is 0 Å². The van der Waals surface area contributed by atoms with E-state index >= 15 is 0 Å². The number of hydrogen-bond acceptors (Lipinski definition) is 1. The zero-order valence-corrected chi connectivity index (χ0v) is 12.2. The van der Waals surface area contributed by atoms with Crippen molar-refractivity contribution in [2.45, 2.75) is 13.8 Å². The van der Waals surface area contributed by atoms with E-state index in [0.717, 1.165) is 22.1 Å². The van der Waals surface area contributed by atoms with Crippen LogP contribution in [0, 0.1) is 13.8 Å². The van der Waals surface area contributed by atoms with Crippen molar-refractivity contribution in [1.29, 1.82) is 0 Å². The van der Waals surface area contributed by atoms with E-state index in [9.17, 15) is 0 Å². The van der Waals surface area contributed by atoms with Crippen molar-refractivity contribution in [3.63, 3.8) is 0 Å². The molecule has 0 saturated carbocycles. The van der Waals surface area contributed by atoms with Crippen LogP contribution in [0.1, 0.15) is 11.1 Å². The van der Waals surface area contributed by atoms with Gasteiger partial charge in [-0.15, -0.1) is 0 Å². The molecule has 0 N–H and O–H groups in total. The van der Waals surface area contributed by atoms with E-state index in [-0.39, 0.29) is 0 Å². The molecule has 0 bridgehead atoms. The summed E-state index contributed by atoms with van der Waals surface area (Å²) in [5, 5.41) is 0.738. The van der Waals surface area contributed by atoms with Crippen LogP contribution in [0.5, 0.6) is 0 Å². The van der Waals surface area contributed by atoms with Gasteiger partial charge in [-0.3, -0.25) is 4.57 Å². The number of aromatic nitrogens is 2. The average molecular weight is 283 g/mol. The number of benzene rings is 2. The molecule has 1 aromatic heterocycles. The van der Waals surface area contributed by atoms with Crippen molar-refractivity contribution in [3.8, 4) is 17.1 Å². The van der Waals surface area contributed by atoms with Crippen LogP contribution in [0.3, 0.4) is 0 Å². The Morgan fingerprint density at radius 2 is 1.75 bits per heavy atom. The molecular formula is C17H15ClN2. The highest BCUT2D eigenvalue weighted by atomic mass is 35.5. The van der Waals surface area contributed by atoms with Crippen LogP contribution in [-0.2, 0) is 0 Å². The minimum absolute atomic E-state index is 0.738. The molecule has 3 aromatic rings. The van der Waals surface area contributed by atoms with E-state index in [4.69, 9.17) is 11.6 Å². The summed E-state index contributed by atoms with van der Waals surface area (Å²) in [6.45, 7) is 4.21. The number of halogens is 1. The van der Waals surface area contributed by atoms with Gasteiger partial charge in [-0.2, -0.15) is 0 Å². The van der Waals surface area contributed by atoms with Crippen molar-refractivity contribution < 1.29 is 0 Å². The largest absolute Gasteiger partial charge is 0.300 e. The molecule has 2 aromatic carbocycles. The van der Waals surface area contributed by atoms with E-state index in [0.29, 0.717) is 0 Å². The monoisotopic (exact) mass is 282 g/mol. The van der Waals surface area contributed by atoms with Gasteiger partial charge in [-0.05, 0) is 43.7 Å². The lowest BCUT2D eigenvalue weighted by molar-refractivity contribution is 1.06. The Balaban J connectivity index is 2.12. The van der Waals surface area contributed by atoms with Gasteiger partial charge in [0.1, 0.15) is 5.82 Å². The Labute approximate surface area is 123 Å². The van der Waals surface area contributed by atoms with Crippen LogP contribution in [0.4, 0.5) is 0 Å². The maximum atomic E-state index is 5.95. The van der Waals surface area contributed by atoms with Gasteiger partial charge in [0.25, 0.3) is 0 Å². The Morgan fingerprint density at radius 3 is 2.45 bits per heavy atom. The summed E-state index contributed by atoms with van der Waals surface area (Å²) < 4.78 is 2.08. The Hall–Kier alpha value is -2.06. The lowest BCUT2D eigenvalue weighted by Crippen LogP contribution is -1.97. The van der Waals surface area contributed by atoms with Crippen molar-refractivity contribution in [1.82, 2.24) is 9.55 Å². The number of aryl methyl sites for hydroxylation is 2. The first-order valence-corrected chi connectivity index (χ1v) is 6.90. The van der Waals surface area contributed by atoms with E-state index in [1.807, 2.05) is 36.7 Å². The molecule has 100 valence electrons. The first-order valence-electron chi connectivity index (χ1n) is 6.52. The fourth-order valence-electron chi connectivity index (χ4n) is 2.38. The summed E-state index contributed by atoms with van der Waals surface area (Å²) in [4.78, 5) is 4.51. The Kier molecular flexibility index (Phi) is 3.33. The fraction of sp³-hybridized carbons (Fsp3) is 0.118. The lowest BCUT2D eigenvalue weighted by Gasteiger charge is -2.10. The third kappa shape index (κ3) is 2.35. The van der Waals surface area contributed by atoms with E-state index < -0.39 is 0 Å². The molecule has 0 unspecified atom stereocenters. The van der Waals surface area contributed by atoms with Crippen molar-refractivity contribution >= 4 is 11.6 Å². The highest BCUT2D eigenvalue weighted by Crippen LogP contribution is 2.25. The molecule has 0 spiro atoms. The van der Waals surface area contributed by atoms with Gasteiger partial charge in [0.2, 0.25) is 0 Å². The molecule has 0 aliphatic rings. The highest BCUT2D eigenvalue weighted by Gasteiger charge is 2.10. The van der Waals surface area contributed by atoms with E-state index in [2.05, 4.69) is 41.6 Å². The summed E-state index contributed by atoms with van der Waals surface area (Å²) in [6, 6.07) is 14.2. The maximum absolute atomic E-state index is 5.95. The first-order chi connectivity index (χ1) is 9.65. The minimum Gasteiger partial charge on any atom is -0.300 e. The zero-order chi connectivity index (χ0) is 14.1. The molecule has 0 saturated heterocycles. The van der Waals surface area contributed by atoms with Crippen LogP contribution >= 0.6 is 11.6 Å². The fourth-order valence-corrected chi connectivity index (χ4v) is 2.50. The van der Waals surface area contributed by atoms with Gasteiger partial charge in [0.05, 0.1) is 0 Å². The number of hydrogen-bond donors (Lipinski definition) is 0. The molecule has 0 amide bonds. The van der Waals surface area contributed by atoms with Crippen LogP contribution in [0.25, 0.3) is 17.1 Å². The normalized spacial score (nSPS) is 10.8. The Morgan fingerprint density at radius 1 is 1.00 bits per heavy atom. The summed E-state index contributed by atoms with van der Waals surface area (Å²) in [5.74, 6) is 0.949. The summed E-state index contributed by atoms with van der Waals surface area (Å²) in [6.07, 6.45) is 3.79. The molecule has 3 heteroatoms. The molecule has 3 rings (SSSR count). The second-order valence-electron chi connectivity index (χ2n) is 4.92. The highest BCUT2D eigenvalue weighted by molar-refractivity contribution is 6.30. The SMILES string of the molecule is Cc1ccc(-c2nccn2-c2ccc(Cl)cc2)c(C)c1. The van der Waals surface area contributed by atoms with Gasteiger partial charge < -0.3 is 0 Å². The lowest BCUT2D eigenvalue weighted by atomic mass is 10.1. The maximum Gasteiger partial charge on any atom is 0.144 e. The summed E-state index contributed by atoms with van der Waals surface area (Å²) in [7, 11) is 0. The van der Waals surface area contributed by atoms with Crippen LogP contribution in [0.2, 0.25) is 5.02 Å². The minimum atomic E-state index is 0.738. The molecular weight excluding hydrogens is 268 g/mol. The zero-order valence-electron chi connectivity index (χ0n) is 11.5. The van der Waals surface area contributed by atoms with Crippen LogP contribution in [-0.4, -0.2) is 9.55 Å². The average Bonchev–Trinajstić information content (AvgIpc) is 2.88. The predicted molar refractivity (Wildman–Crippen MR) is 83.5 cm³/mol. The molecule has 0 radical (unpaired) electrons. The number of nitrogens with zero attached hydrogens (tertiary/aromatic N) is 2. The van der Waals surface area contributed by atoms with Gasteiger partial charge in [-0.1, -0.05) is 35.4 Å². The predicted octanol–water partition coefficient (Wildman–Crippen LogP) is 4.81. The van der Waals surface area contributed by atoms with Crippen molar-refractivity contribution in [3.05, 3.63) is 71.0 Å². The molecule has 0 atom stereocenters. The molecule has 0 aliphatic carbocycles. The number of imidazole rings is 1. The molecule has 0 aliphatic heterocycles. The third-order valence-corrected chi connectivity index (χ3v) is 3.62. The third-order valence-electron chi connectivity index (χ3n) is 3.37. The quantitative estimate of drug-likeness (QED) is 0.659. The smallest absolute Gasteiger partial charge is 0.144 e. The Bertz CT molecular complexity index is 742. The second kappa shape index (κ2) is 5.14. The topological polar surface area (TPSA) is 17.8 Å². The second-order valence-corrected chi connectivity index (χ2v) is 5.35. The molecule has 2 nitrogen and oxygen atoms in total.